The molecule has 0 bridgehead atoms. The Morgan fingerprint density at radius 1 is 0.276 bits per heavy atom. The predicted octanol–water partition coefficient (Wildman–Crippen LogP) is 15.8. The molecule has 0 unspecified atom stereocenters. The lowest BCUT2D eigenvalue weighted by molar-refractivity contribution is 0.662. The molecule has 1 aliphatic carbocycles. The van der Waals surface area contributed by atoms with Gasteiger partial charge in [0.15, 0.2) is 0 Å². The van der Waals surface area contributed by atoms with Gasteiger partial charge in [-0.3, -0.25) is 0 Å². The number of rotatable bonds is 8. The molecule has 1 nitrogen and oxygen atoms in total. The van der Waals surface area contributed by atoms with E-state index in [2.05, 4.69) is 243 Å². The van der Waals surface area contributed by atoms with Crippen LogP contribution in [0, 0.1) is 0 Å². The molecule has 58 heavy (non-hydrogen) atoms. The largest absolute Gasteiger partial charge is 0.309 e. The topological polar surface area (TPSA) is 3.24 Å². The molecule has 0 fully saturated rings. The van der Waals surface area contributed by atoms with Crippen LogP contribution < -0.4 is 4.90 Å². The van der Waals surface area contributed by atoms with Gasteiger partial charge in [-0.05, 0) is 79.4 Å². The van der Waals surface area contributed by atoms with Crippen molar-refractivity contribution >= 4 is 17.1 Å². The number of hydrogen-bond donors (Lipinski definition) is 0. The van der Waals surface area contributed by atoms with Gasteiger partial charge in [0.25, 0.3) is 0 Å². The molecule has 276 valence electrons. The van der Waals surface area contributed by atoms with E-state index in [9.17, 15) is 0 Å². The van der Waals surface area contributed by atoms with Crippen LogP contribution in [0.25, 0.3) is 66.8 Å². The van der Waals surface area contributed by atoms with Crippen LogP contribution in [-0.2, 0) is 5.41 Å². The SMILES string of the molecule is CC1(C)c2ccccc2-c2cccc(-c3ccccc3N(c3ccccc3-c3ccccc3)c3cccc(-c4ccccc4)c3-c3ccccc3-c3ccccc3)c21. The first-order valence-electron chi connectivity index (χ1n) is 20.2. The molecule has 10 rings (SSSR count). The summed E-state index contributed by atoms with van der Waals surface area (Å²) in [6, 6.07) is 81.9. The van der Waals surface area contributed by atoms with Gasteiger partial charge in [-0.25, -0.2) is 0 Å². The van der Waals surface area contributed by atoms with Crippen LogP contribution in [0.1, 0.15) is 25.0 Å². The Balaban J connectivity index is 1.32. The zero-order valence-corrected chi connectivity index (χ0v) is 32.8. The van der Waals surface area contributed by atoms with Crippen molar-refractivity contribution in [3.63, 3.8) is 0 Å². The Labute approximate surface area is 342 Å². The van der Waals surface area contributed by atoms with E-state index in [1.807, 2.05) is 0 Å². The maximum absolute atomic E-state index is 2.54. The number of para-hydroxylation sites is 2. The Kier molecular flexibility index (Phi) is 8.92. The average molecular weight is 742 g/mol. The van der Waals surface area contributed by atoms with E-state index in [0.29, 0.717) is 0 Å². The van der Waals surface area contributed by atoms with Gasteiger partial charge in [-0.1, -0.05) is 220 Å². The van der Waals surface area contributed by atoms with Crippen molar-refractivity contribution in [3.8, 4) is 66.8 Å². The first kappa shape index (κ1) is 35.2. The highest BCUT2D eigenvalue weighted by molar-refractivity contribution is 6.04. The minimum atomic E-state index is -0.185. The normalized spacial score (nSPS) is 12.4. The first-order chi connectivity index (χ1) is 28.6. The van der Waals surface area contributed by atoms with Crippen LogP contribution in [0.4, 0.5) is 17.1 Å². The highest BCUT2D eigenvalue weighted by Crippen LogP contribution is 2.55. The van der Waals surface area contributed by atoms with Crippen molar-refractivity contribution in [2.75, 3.05) is 4.90 Å². The smallest absolute Gasteiger partial charge is 0.0547 e. The summed E-state index contributed by atoms with van der Waals surface area (Å²) in [7, 11) is 0. The van der Waals surface area contributed by atoms with E-state index in [-0.39, 0.29) is 5.41 Å². The lowest BCUT2D eigenvalue weighted by Crippen LogP contribution is -2.17. The second-order valence-corrected chi connectivity index (χ2v) is 15.6. The number of anilines is 3. The summed E-state index contributed by atoms with van der Waals surface area (Å²) in [6.45, 7) is 4.77. The quantitative estimate of drug-likeness (QED) is 0.150. The van der Waals surface area contributed by atoms with Gasteiger partial charge in [0.05, 0.1) is 17.1 Å². The van der Waals surface area contributed by atoms with Crippen molar-refractivity contribution in [1.82, 2.24) is 0 Å². The van der Waals surface area contributed by atoms with E-state index in [4.69, 9.17) is 0 Å². The Morgan fingerprint density at radius 2 is 0.655 bits per heavy atom. The molecule has 9 aromatic rings. The molecule has 0 aromatic heterocycles. The number of hydrogen-bond acceptors (Lipinski definition) is 1. The maximum Gasteiger partial charge on any atom is 0.0547 e. The zero-order valence-electron chi connectivity index (χ0n) is 32.8. The molecule has 0 N–H and O–H groups in total. The molecule has 0 atom stereocenters. The molecule has 0 radical (unpaired) electrons. The fourth-order valence-electron chi connectivity index (χ4n) is 9.33. The summed E-state index contributed by atoms with van der Waals surface area (Å²) in [6.07, 6.45) is 0. The lowest BCUT2D eigenvalue weighted by Gasteiger charge is -2.33. The fourth-order valence-corrected chi connectivity index (χ4v) is 9.33. The molecule has 0 heterocycles. The van der Waals surface area contributed by atoms with Crippen molar-refractivity contribution in [1.29, 1.82) is 0 Å². The molecule has 0 amide bonds. The number of nitrogens with zero attached hydrogens (tertiary/aromatic N) is 1. The van der Waals surface area contributed by atoms with Gasteiger partial charge >= 0.3 is 0 Å². The van der Waals surface area contributed by atoms with E-state index in [1.54, 1.807) is 0 Å². The summed E-state index contributed by atoms with van der Waals surface area (Å²) in [5.74, 6) is 0. The van der Waals surface area contributed by atoms with Gasteiger partial charge in [-0.2, -0.15) is 0 Å². The van der Waals surface area contributed by atoms with E-state index in [0.717, 1.165) is 22.6 Å². The van der Waals surface area contributed by atoms with E-state index < -0.39 is 0 Å². The molecular weight excluding hydrogens is 699 g/mol. The molecule has 1 aliphatic rings. The maximum atomic E-state index is 2.54. The Hall–Kier alpha value is -7.22. The second kappa shape index (κ2) is 14.7. The summed E-state index contributed by atoms with van der Waals surface area (Å²) >= 11 is 0. The van der Waals surface area contributed by atoms with Crippen molar-refractivity contribution in [2.24, 2.45) is 0 Å². The monoisotopic (exact) mass is 741 g/mol. The van der Waals surface area contributed by atoms with Crippen LogP contribution in [-0.4, -0.2) is 0 Å². The highest BCUT2D eigenvalue weighted by Gasteiger charge is 2.38. The third kappa shape index (κ3) is 5.95. The van der Waals surface area contributed by atoms with Gasteiger partial charge < -0.3 is 4.90 Å². The third-order valence-electron chi connectivity index (χ3n) is 11.9. The van der Waals surface area contributed by atoms with Gasteiger partial charge in [0, 0.05) is 22.1 Å². The Bertz CT molecular complexity index is 2910. The van der Waals surface area contributed by atoms with E-state index >= 15 is 0 Å². The van der Waals surface area contributed by atoms with Crippen LogP contribution >= 0.6 is 0 Å². The van der Waals surface area contributed by atoms with E-state index in [1.165, 1.54) is 72.3 Å². The number of benzene rings is 9. The standard InChI is InChI=1S/C57H43N/c1-57(2)51-36-17-14-30-46(51)49-34-20-35-50(56(49)57)47-31-16-19-38-53(47)58(52-37-18-15-29-44(52)41-24-8-4-9-25-41)54-39-21-33-45(42-26-10-5-11-27-42)55(54)48-32-13-12-28-43(48)40-22-6-3-7-23-40/h3-39H,1-2H3. The van der Waals surface area contributed by atoms with Crippen molar-refractivity contribution < 1.29 is 0 Å². The van der Waals surface area contributed by atoms with Gasteiger partial charge in [0.2, 0.25) is 0 Å². The number of fused-ring (bicyclic) bond motifs is 3. The van der Waals surface area contributed by atoms with Crippen LogP contribution in [0.5, 0.6) is 0 Å². The fraction of sp³-hybridized carbons (Fsp3) is 0.0526. The molecule has 0 saturated carbocycles. The highest BCUT2D eigenvalue weighted by atomic mass is 15.2. The van der Waals surface area contributed by atoms with Crippen LogP contribution in [0.2, 0.25) is 0 Å². The van der Waals surface area contributed by atoms with Crippen molar-refractivity contribution in [2.45, 2.75) is 19.3 Å². The summed E-state index contributed by atoms with van der Waals surface area (Å²) in [5, 5.41) is 0. The molecule has 0 aliphatic heterocycles. The first-order valence-corrected chi connectivity index (χ1v) is 20.2. The Morgan fingerprint density at radius 3 is 1.29 bits per heavy atom. The second-order valence-electron chi connectivity index (χ2n) is 15.6. The average Bonchev–Trinajstić information content (AvgIpc) is 3.53. The molecular formula is C57H43N. The lowest BCUT2D eigenvalue weighted by atomic mass is 9.78. The molecule has 1 heteroatoms. The van der Waals surface area contributed by atoms with Gasteiger partial charge in [0.1, 0.15) is 0 Å². The summed E-state index contributed by atoms with van der Waals surface area (Å²) in [4.78, 5) is 2.54. The summed E-state index contributed by atoms with van der Waals surface area (Å²) < 4.78 is 0. The molecule has 9 aromatic carbocycles. The minimum Gasteiger partial charge on any atom is -0.309 e. The summed E-state index contributed by atoms with van der Waals surface area (Å²) in [5.41, 5.74) is 20.4. The molecule has 0 spiro atoms. The van der Waals surface area contributed by atoms with Crippen LogP contribution in [0.3, 0.4) is 0 Å². The van der Waals surface area contributed by atoms with Gasteiger partial charge in [-0.15, -0.1) is 0 Å². The predicted molar refractivity (Wildman–Crippen MR) is 246 cm³/mol. The molecule has 0 saturated heterocycles. The zero-order chi connectivity index (χ0) is 39.1. The third-order valence-corrected chi connectivity index (χ3v) is 11.9. The van der Waals surface area contributed by atoms with Crippen molar-refractivity contribution in [3.05, 3.63) is 236 Å². The van der Waals surface area contributed by atoms with Crippen LogP contribution in [0.15, 0.2) is 224 Å². The minimum absolute atomic E-state index is 0.185.